The quantitative estimate of drug-likeness (QED) is 0.674. The highest BCUT2D eigenvalue weighted by Gasteiger charge is 2.14. The molecule has 0 aromatic heterocycles. The number of carbonyl (C=O) groups is 1. The molecule has 0 bridgehead atoms. The summed E-state index contributed by atoms with van der Waals surface area (Å²) < 4.78 is 0. The van der Waals surface area contributed by atoms with E-state index in [9.17, 15) is 4.79 Å². The van der Waals surface area contributed by atoms with Gasteiger partial charge in [0.25, 0.3) is 0 Å². The lowest BCUT2D eigenvalue weighted by Crippen LogP contribution is -2.32. The van der Waals surface area contributed by atoms with E-state index < -0.39 is 5.97 Å². The Balaban J connectivity index is 2.41. The standard InChI is InChI=1S/C13H24N2O3/c1-2-12(13(17)18)4-7-14-5-3-6-15(9-8-14)10-11-16/h4,16H,2-3,5-11H2,1H3,(H,17,18). The molecule has 1 saturated heterocycles. The Bertz CT molecular complexity index is 292. The van der Waals surface area contributed by atoms with Gasteiger partial charge in [0.1, 0.15) is 0 Å². The second-order valence-corrected chi connectivity index (χ2v) is 4.61. The van der Waals surface area contributed by atoms with Crippen molar-refractivity contribution in [3.05, 3.63) is 11.6 Å². The third kappa shape index (κ3) is 5.16. The summed E-state index contributed by atoms with van der Waals surface area (Å²) in [6.45, 7) is 7.41. The molecule has 0 aliphatic carbocycles. The largest absolute Gasteiger partial charge is 0.478 e. The van der Waals surface area contributed by atoms with Crippen molar-refractivity contribution in [3.63, 3.8) is 0 Å². The molecule has 104 valence electrons. The minimum atomic E-state index is -0.811. The fourth-order valence-corrected chi connectivity index (χ4v) is 2.19. The average molecular weight is 256 g/mol. The number of rotatable bonds is 6. The Kier molecular flexibility index (Phi) is 6.93. The zero-order valence-corrected chi connectivity index (χ0v) is 11.1. The van der Waals surface area contributed by atoms with Crippen molar-refractivity contribution in [2.24, 2.45) is 0 Å². The number of aliphatic carboxylic acids is 1. The number of carboxylic acid groups (broad SMARTS) is 1. The van der Waals surface area contributed by atoms with Crippen LogP contribution in [0.1, 0.15) is 19.8 Å². The van der Waals surface area contributed by atoms with Crippen molar-refractivity contribution in [3.8, 4) is 0 Å². The molecule has 1 heterocycles. The van der Waals surface area contributed by atoms with Crippen LogP contribution in [-0.2, 0) is 4.79 Å². The second kappa shape index (κ2) is 8.24. The third-order valence-corrected chi connectivity index (χ3v) is 3.35. The summed E-state index contributed by atoms with van der Waals surface area (Å²) in [5, 5.41) is 17.9. The van der Waals surface area contributed by atoms with E-state index in [2.05, 4.69) is 9.80 Å². The average Bonchev–Trinajstić information content (AvgIpc) is 2.56. The van der Waals surface area contributed by atoms with Crippen LogP contribution in [0, 0.1) is 0 Å². The number of aliphatic hydroxyl groups is 1. The smallest absolute Gasteiger partial charge is 0.331 e. The summed E-state index contributed by atoms with van der Waals surface area (Å²) in [7, 11) is 0. The van der Waals surface area contributed by atoms with Crippen LogP contribution in [0.15, 0.2) is 11.6 Å². The Hall–Kier alpha value is -0.910. The van der Waals surface area contributed by atoms with E-state index >= 15 is 0 Å². The zero-order chi connectivity index (χ0) is 13.4. The molecule has 0 amide bonds. The van der Waals surface area contributed by atoms with Crippen molar-refractivity contribution in [2.45, 2.75) is 19.8 Å². The molecule has 1 aliphatic rings. The SMILES string of the molecule is CCC(=CCN1CCCN(CCO)CC1)C(=O)O. The molecule has 0 aromatic carbocycles. The van der Waals surface area contributed by atoms with Crippen molar-refractivity contribution in [1.82, 2.24) is 9.80 Å². The van der Waals surface area contributed by atoms with Gasteiger partial charge in [-0.3, -0.25) is 9.80 Å². The Labute approximate surface area is 109 Å². The van der Waals surface area contributed by atoms with Gasteiger partial charge in [0.05, 0.1) is 6.61 Å². The van der Waals surface area contributed by atoms with Gasteiger partial charge in [-0.05, 0) is 25.9 Å². The monoisotopic (exact) mass is 256 g/mol. The van der Waals surface area contributed by atoms with Crippen LogP contribution in [-0.4, -0.2) is 71.9 Å². The molecule has 0 atom stereocenters. The van der Waals surface area contributed by atoms with E-state index in [1.54, 1.807) is 0 Å². The number of hydrogen-bond donors (Lipinski definition) is 2. The number of nitrogens with zero attached hydrogens (tertiary/aromatic N) is 2. The van der Waals surface area contributed by atoms with Gasteiger partial charge < -0.3 is 10.2 Å². The summed E-state index contributed by atoms with van der Waals surface area (Å²) >= 11 is 0. The van der Waals surface area contributed by atoms with Gasteiger partial charge in [-0.15, -0.1) is 0 Å². The number of hydrogen-bond acceptors (Lipinski definition) is 4. The van der Waals surface area contributed by atoms with E-state index in [0.717, 1.165) is 39.1 Å². The maximum atomic E-state index is 10.9. The van der Waals surface area contributed by atoms with Crippen LogP contribution in [0.5, 0.6) is 0 Å². The molecule has 0 spiro atoms. The normalized spacial score (nSPS) is 19.8. The lowest BCUT2D eigenvalue weighted by Gasteiger charge is -2.20. The molecule has 1 rings (SSSR count). The van der Waals surface area contributed by atoms with Crippen LogP contribution in [0.25, 0.3) is 0 Å². The van der Waals surface area contributed by atoms with Gasteiger partial charge in [-0.25, -0.2) is 4.79 Å². The minimum absolute atomic E-state index is 0.207. The second-order valence-electron chi connectivity index (χ2n) is 4.61. The predicted molar refractivity (Wildman–Crippen MR) is 70.6 cm³/mol. The highest BCUT2D eigenvalue weighted by molar-refractivity contribution is 5.86. The van der Waals surface area contributed by atoms with E-state index in [-0.39, 0.29) is 6.61 Å². The molecule has 5 heteroatoms. The van der Waals surface area contributed by atoms with Crippen LogP contribution >= 0.6 is 0 Å². The fraction of sp³-hybridized carbons (Fsp3) is 0.769. The summed E-state index contributed by atoms with van der Waals surface area (Å²) in [4.78, 5) is 15.4. The molecule has 2 N–H and O–H groups in total. The molecule has 0 saturated carbocycles. The highest BCUT2D eigenvalue weighted by Crippen LogP contribution is 2.05. The summed E-state index contributed by atoms with van der Waals surface area (Å²) in [5.41, 5.74) is 0.492. The lowest BCUT2D eigenvalue weighted by molar-refractivity contribution is -0.132. The van der Waals surface area contributed by atoms with Crippen molar-refractivity contribution in [2.75, 3.05) is 45.9 Å². The summed E-state index contributed by atoms with van der Waals surface area (Å²) in [6.07, 6.45) is 3.46. The number of aliphatic hydroxyl groups excluding tert-OH is 1. The van der Waals surface area contributed by atoms with Crippen LogP contribution < -0.4 is 0 Å². The predicted octanol–water partition coefficient (Wildman–Crippen LogP) is 0.407. The fourth-order valence-electron chi connectivity index (χ4n) is 2.19. The lowest BCUT2D eigenvalue weighted by atomic mass is 10.2. The highest BCUT2D eigenvalue weighted by atomic mass is 16.4. The first-order valence-corrected chi connectivity index (χ1v) is 6.65. The molecular formula is C13H24N2O3. The first-order valence-electron chi connectivity index (χ1n) is 6.65. The van der Waals surface area contributed by atoms with Crippen LogP contribution in [0.3, 0.4) is 0 Å². The Morgan fingerprint density at radius 1 is 1.22 bits per heavy atom. The van der Waals surface area contributed by atoms with Crippen molar-refractivity contribution in [1.29, 1.82) is 0 Å². The van der Waals surface area contributed by atoms with Gasteiger partial charge in [-0.1, -0.05) is 13.0 Å². The van der Waals surface area contributed by atoms with E-state index in [1.807, 2.05) is 13.0 Å². The minimum Gasteiger partial charge on any atom is -0.478 e. The molecule has 0 radical (unpaired) electrons. The van der Waals surface area contributed by atoms with Gasteiger partial charge >= 0.3 is 5.97 Å². The Morgan fingerprint density at radius 3 is 2.50 bits per heavy atom. The van der Waals surface area contributed by atoms with E-state index in [0.29, 0.717) is 18.5 Å². The third-order valence-electron chi connectivity index (χ3n) is 3.35. The number of β-amino-alcohol motifs (C(OH)–C–C–N with tert-alkyl or cyclic N) is 1. The number of carboxylic acids is 1. The molecule has 0 unspecified atom stereocenters. The van der Waals surface area contributed by atoms with Gasteiger partial charge in [0, 0.05) is 31.8 Å². The Morgan fingerprint density at radius 2 is 1.89 bits per heavy atom. The first-order chi connectivity index (χ1) is 8.67. The molecule has 5 nitrogen and oxygen atoms in total. The molecule has 1 aliphatic heterocycles. The zero-order valence-electron chi connectivity index (χ0n) is 11.1. The van der Waals surface area contributed by atoms with Crippen LogP contribution in [0.2, 0.25) is 0 Å². The van der Waals surface area contributed by atoms with E-state index in [4.69, 9.17) is 10.2 Å². The van der Waals surface area contributed by atoms with Gasteiger partial charge in [0.2, 0.25) is 0 Å². The summed E-state index contributed by atoms with van der Waals surface area (Å²) in [6, 6.07) is 0. The molecule has 0 aromatic rings. The van der Waals surface area contributed by atoms with Crippen LogP contribution in [0.4, 0.5) is 0 Å². The molecule has 1 fully saturated rings. The maximum absolute atomic E-state index is 10.9. The first kappa shape index (κ1) is 15.1. The van der Waals surface area contributed by atoms with Crippen molar-refractivity contribution >= 4 is 5.97 Å². The van der Waals surface area contributed by atoms with Gasteiger partial charge in [0.15, 0.2) is 0 Å². The topological polar surface area (TPSA) is 64.0 Å². The van der Waals surface area contributed by atoms with Gasteiger partial charge in [-0.2, -0.15) is 0 Å². The van der Waals surface area contributed by atoms with Crippen molar-refractivity contribution < 1.29 is 15.0 Å². The summed E-state index contributed by atoms with van der Waals surface area (Å²) in [5.74, 6) is -0.811. The van der Waals surface area contributed by atoms with E-state index in [1.165, 1.54) is 0 Å². The maximum Gasteiger partial charge on any atom is 0.331 e. The molecular weight excluding hydrogens is 232 g/mol. The molecule has 18 heavy (non-hydrogen) atoms.